The lowest BCUT2D eigenvalue weighted by molar-refractivity contribution is 0.147. The van der Waals surface area contributed by atoms with E-state index in [0.717, 1.165) is 5.56 Å². The van der Waals surface area contributed by atoms with Crippen LogP contribution in [0.3, 0.4) is 0 Å². The topological polar surface area (TPSA) is 112 Å². The third-order valence-electron chi connectivity index (χ3n) is 5.13. The van der Waals surface area contributed by atoms with Crippen LogP contribution in [-0.2, 0) is 14.8 Å². The van der Waals surface area contributed by atoms with Gasteiger partial charge in [0.25, 0.3) is 0 Å². The maximum atomic E-state index is 13.2. The lowest BCUT2D eigenvalue weighted by atomic mass is 9.97. The van der Waals surface area contributed by atoms with E-state index < -0.39 is 10.0 Å². The molecule has 0 unspecified atom stereocenters. The molecule has 3 heterocycles. The van der Waals surface area contributed by atoms with Crippen molar-refractivity contribution in [3.05, 3.63) is 47.7 Å². The molecule has 0 amide bonds. The standard InChI is InChI=1S/C19H22N4O5S/c1-12-17(13(2)28-22-12)29(24,25)23-9-15(11-26-3)16(10-23)19-21-20-18(27-19)14-7-5-4-6-8-14/h4-8,15-16H,9-11H2,1-3H3/t15-,16+/m0/s1. The minimum absolute atomic E-state index is 0.112. The molecule has 1 saturated heterocycles. The first-order chi connectivity index (χ1) is 13.9. The molecule has 154 valence electrons. The molecular weight excluding hydrogens is 396 g/mol. The zero-order chi connectivity index (χ0) is 20.6. The Balaban J connectivity index is 1.64. The molecule has 1 aliphatic heterocycles. The molecule has 0 radical (unpaired) electrons. The van der Waals surface area contributed by atoms with Crippen LogP contribution in [0.5, 0.6) is 0 Å². The van der Waals surface area contributed by atoms with Crippen molar-refractivity contribution in [2.45, 2.75) is 24.7 Å². The number of aryl methyl sites for hydroxylation is 2. The second kappa shape index (κ2) is 7.69. The van der Waals surface area contributed by atoms with Crippen LogP contribution in [0.25, 0.3) is 11.5 Å². The van der Waals surface area contributed by atoms with Gasteiger partial charge in [0.05, 0.1) is 12.5 Å². The lowest BCUT2D eigenvalue weighted by Crippen LogP contribution is -2.30. The Morgan fingerprint density at radius 3 is 2.59 bits per heavy atom. The fourth-order valence-electron chi connectivity index (χ4n) is 3.74. The van der Waals surface area contributed by atoms with Gasteiger partial charge in [0.1, 0.15) is 10.6 Å². The van der Waals surface area contributed by atoms with Crippen LogP contribution < -0.4 is 0 Å². The Labute approximate surface area is 168 Å². The molecule has 1 aromatic carbocycles. The van der Waals surface area contributed by atoms with Gasteiger partial charge >= 0.3 is 0 Å². The Morgan fingerprint density at radius 2 is 1.93 bits per heavy atom. The summed E-state index contributed by atoms with van der Waals surface area (Å²) in [6, 6.07) is 9.45. The third kappa shape index (κ3) is 3.59. The van der Waals surface area contributed by atoms with Crippen LogP contribution in [0, 0.1) is 19.8 Å². The maximum Gasteiger partial charge on any atom is 0.248 e. The zero-order valence-electron chi connectivity index (χ0n) is 16.4. The van der Waals surface area contributed by atoms with Crippen molar-refractivity contribution in [2.24, 2.45) is 5.92 Å². The summed E-state index contributed by atoms with van der Waals surface area (Å²) in [6.07, 6.45) is 0. The molecule has 2 aromatic heterocycles. The van der Waals surface area contributed by atoms with Gasteiger partial charge in [-0.3, -0.25) is 0 Å². The molecule has 0 bridgehead atoms. The quantitative estimate of drug-likeness (QED) is 0.600. The van der Waals surface area contributed by atoms with Crippen LogP contribution in [-0.4, -0.2) is 54.9 Å². The first-order valence-corrected chi connectivity index (χ1v) is 10.7. The first kappa shape index (κ1) is 19.7. The molecule has 0 aliphatic carbocycles. The zero-order valence-corrected chi connectivity index (χ0v) is 17.2. The summed E-state index contributed by atoms with van der Waals surface area (Å²) < 4.78 is 44.1. The fraction of sp³-hybridized carbons (Fsp3) is 0.421. The van der Waals surface area contributed by atoms with Crippen molar-refractivity contribution in [3.8, 4) is 11.5 Å². The number of rotatable bonds is 6. The van der Waals surface area contributed by atoms with Crippen molar-refractivity contribution in [2.75, 3.05) is 26.8 Å². The van der Waals surface area contributed by atoms with Crippen LogP contribution in [0.4, 0.5) is 0 Å². The second-order valence-electron chi connectivity index (χ2n) is 7.11. The van der Waals surface area contributed by atoms with Gasteiger partial charge < -0.3 is 13.7 Å². The Hall–Kier alpha value is -2.56. The predicted molar refractivity (Wildman–Crippen MR) is 103 cm³/mol. The van der Waals surface area contributed by atoms with E-state index in [9.17, 15) is 8.42 Å². The predicted octanol–water partition coefficient (Wildman–Crippen LogP) is 2.39. The number of nitrogens with zero attached hydrogens (tertiary/aromatic N) is 4. The van der Waals surface area contributed by atoms with Gasteiger partial charge in [0.15, 0.2) is 5.76 Å². The minimum Gasteiger partial charge on any atom is -0.420 e. The molecule has 0 saturated carbocycles. The van der Waals surface area contributed by atoms with E-state index in [1.165, 1.54) is 4.31 Å². The SMILES string of the molecule is COC[C@@H]1CN(S(=O)(=O)c2c(C)noc2C)C[C@H]1c1nnc(-c2ccccc2)o1. The van der Waals surface area contributed by atoms with E-state index in [2.05, 4.69) is 15.4 Å². The van der Waals surface area contributed by atoms with Crippen molar-refractivity contribution >= 4 is 10.0 Å². The third-order valence-corrected chi connectivity index (χ3v) is 7.21. The van der Waals surface area contributed by atoms with Crippen molar-refractivity contribution < 1.29 is 22.1 Å². The first-order valence-electron chi connectivity index (χ1n) is 9.22. The van der Waals surface area contributed by atoms with Crippen molar-refractivity contribution in [1.82, 2.24) is 19.7 Å². The van der Waals surface area contributed by atoms with Gasteiger partial charge in [-0.2, -0.15) is 4.31 Å². The van der Waals surface area contributed by atoms with Gasteiger partial charge in [0.2, 0.25) is 21.8 Å². The molecule has 0 N–H and O–H groups in total. The van der Waals surface area contributed by atoms with E-state index in [1.54, 1.807) is 21.0 Å². The summed E-state index contributed by atoms with van der Waals surface area (Å²) in [7, 11) is -2.17. The molecule has 10 heteroatoms. The van der Waals surface area contributed by atoms with Gasteiger partial charge in [0, 0.05) is 31.7 Å². The molecular formula is C19H22N4O5S. The molecule has 3 aromatic rings. The van der Waals surface area contributed by atoms with Crippen LogP contribution >= 0.6 is 0 Å². The average Bonchev–Trinajstić information content (AvgIpc) is 3.42. The van der Waals surface area contributed by atoms with Gasteiger partial charge in [-0.15, -0.1) is 10.2 Å². The number of methoxy groups -OCH3 is 1. The van der Waals surface area contributed by atoms with Gasteiger partial charge in [-0.05, 0) is 26.0 Å². The molecule has 9 nitrogen and oxygen atoms in total. The highest BCUT2D eigenvalue weighted by Gasteiger charge is 2.44. The number of sulfonamides is 1. The van der Waals surface area contributed by atoms with Crippen molar-refractivity contribution in [1.29, 1.82) is 0 Å². The molecule has 1 fully saturated rings. The number of ether oxygens (including phenoxy) is 1. The Kier molecular flexibility index (Phi) is 5.24. The summed E-state index contributed by atoms with van der Waals surface area (Å²) in [6.45, 7) is 4.09. The maximum absolute atomic E-state index is 13.2. The van der Waals surface area contributed by atoms with Crippen LogP contribution in [0.1, 0.15) is 23.3 Å². The Morgan fingerprint density at radius 1 is 1.17 bits per heavy atom. The highest BCUT2D eigenvalue weighted by molar-refractivity contribution is 7.89. The lowest BCUT2D eigenvalue weighted by Gasteiger charge is -2.15. The molecule has 0 spiro atoms. The minimum atomic E-state index is -3.76. The summed E-state index contributed by atoms with van der Waals surface area (Å²) in [5.41, 5.74) is 1.16. The van der Waals surface area contributed by atoms with E-state index >= 15 is 0 Å². The summed E-state index contributed by atoms with van der Waals surface area (Å²) in [4.78, 5) is 0.116. The highest BCUT2D eigenvalue weighted by atomic mass is 32.2. The van der Waals surface area contributed by atoms with Gasteiger partial charge in [-0.1, -0.05) is 23.4 Å². The molecule has 29 heavy (non-hydrogen) atoms. The summed E-state index contributed by atoms with van der Waals surface area (Å²) in [5.74, 6) is 0.707. The van der Waals surface area contributed by atoms with Crippen LogP contribution in [0.2, 0.25) is 0 Å². The van der Waals surface area contributed by atoms with E-state index in [-0.39, 0.29) is 35.6 Å². The fourth-order valence-corrected chi connectivity index (χ4v) is 5.56. The smallest absolute Gasteiger partial charge is 0.248 e. The van der Waals surface area contributed by atoms with Gasteiger partial charge in [-0.25, -0.2) is 8.42 Å². The summed E-state index contributed by atoms with van der Waals surface area (Å²) >= 11 is 0. The molecule has 2 atom stereocenters. The number of aromatic nitrogens is 3. The number of hydrogen-bond acceptors (Lipinski definition) is 8. The second-order valence-corrected chi connectivity index (χ2v) is 8.98. The van der Waals surface area contributed by atoms with E-state index in [1.807, 2.05) is 30.3 Å². The van der Waals surface area contributed by atoms with Crippen LogP contribution in [0.15, 0.2) is 44.2 Å². The van der Waals surface area contributed by atoms with Crippen molar-refractivity contribution in [3.63, 3.8) is 0 Å². The largest absolute Gasteiger partial charge is 0.420 e. The summed E-state index contributed by atoms with van der Waals surface area (Å²) in [5, 5.41) is 12.1. The average molecular weight is 418 g/mol. The Bertz CT molecular complexity index is 1070. The van der Waals surface area contributed by atoms with E-state index in [0.29, 0.717) is 24.1 Å². The van der Waals surface area contributed by atoms with E-state index in [4.69, 9.17) is 13.7 Å². The molecule has 4 rings (SSSR count). The molecule has 1 aliphatic rings. The number of hydrogen-bond donors (Lipinski definition) is 0. The monoisotopic (exact) mass is 418 g/mol. The number of benzene rings is 1. The highest BCUT2D eigenvalue weighted by Crippen LogP contribution is 2.37. The normalized spacial score (nSPS) is 20.4.